The number of nitrogens with one attached hydrogen (secondary N) is 2. The molecule has 28 heavy (non-hydrogen) atoms. The predicted molar refractivity (Wildman–Crippen MR) is 108 cm³/mol. The van der Waals surface area contributed by atoms with Crippen molar-refractivity contribution in [2.24, 2.45) is 0 Å². The van der Waals surface area contributed by atoms with E-state index >= 15 is 0 Å². The summed E-state index contributed by atoms with van der Waals surface area (Å²) in [6.45, 7) is 5.76. The van der Waals surface area contributed by atoms with E-state index in [0.717, 1.165) is 17.5 Å². The minimum absolute atomic E-state index is 0.00604. The number of hydrogen-bond donors (Lipinski definition) is 2. The lowest BCUT2D eigenvalue weighted by molar-refractivity contribution is -0.129. The standard InChI is InChI=1S/C20H23N3O4S/c1-13-10-18(21-14(2)24)6-7-20(13)28(26,27)22-19-5-4-16-8-9-23(15(3)25)12-17(16)11-19/h4-7,10-11,22H,8-9,12H2,1-3H3,(H,21,24). The van der Waals surface area contributed by atoms with Gasteiger partial charge in [0.15, 0.2) is 0 Å². The molecular weight excluding hydrogens is 378 g/mol. The fourth-order valence-electron chi connectivity index (χ4n) is 3.33. The predicted octanol–water partition coefficient (Wildman–Crippen LogP) is 2.66. The van der Waals surface area contributed by atoms with E-state index in [1.807, 2.05) is 6.07 Å². The number of nitrogens with zero attached hydrogens (tertiary/aromatic N) is 1. The average Bonchev–Trinajstić information content (AvgIpc) is 2.60. The van der Waals surface area contributed by atoms with Crippen molar-refractivity contribution >= 4 is 33.2 Å². The minimum Gasteiger partial charge on any atom is -0.338 e. The Labute approximate surface area is 164 Å². The van der Waals surface area contributed by atoms with E-state index in [1.165, 1.54) is 19.9 Å². The van der Waals surface area contributed by atoms with E-state index in [0.29, 0.717) is 30.0 Å². The molecule has 2 N–H and O–H groups in total. The summed E-state index contributed by atoms with van der Waals surface area (Å²) in [5.41, 5.74) is 3.59. The first-order valence-electron chi connectivity index (χ1n) is 8.94. The summed E-state index contributed by atoms with van der Waals surface area (Å²) in [6.07, 6.45) is 0.756. The first-order chi connectivity index (χ1) is 13.2. The highest BCUT2D eigenvalue weighted by Gasteiger charge is 2.21. The lowest BCUT2D eigenvalue weighted by Crippen LogP contribution is -2.34. The zero-order chi connectivity index (χ0) is 20.5. The van der Waals surface area contributed by atoms with Gasteiger partial charge in [0.1, 0.15) is 0 Å². The minimum atomic E-state index is -3.79. The molecule has 3 rings (SSSR count). The van der Waals surface area contributed by atoms with Crippen LogP contribution >= 0.6 is 0 Å². The number of rotatable bonds is 4. The third-order valence-corrected chi connectivity index (χ3v) is 6.24. The Morgan fingerprint density at radius 1 is 1.00 bits per heavy atom. The summed E-state index contributed by atoms with van der Waals surface area (Å²) < 4.78 is 28.3. The molecule has 2 aromatic rings. The third-order valence-electron chi connectivity index (χ3n) is 4.70. The second-order valence-corrected chi connectivity index (χ2v) is 8.59. The second-order valence-electron chi connectivity index (χ2n) is 6.94. The number of amides is 2. The van der Waals surface area contributed by atoms with E-state index in [2.05, 4.69) is 10.0 Å². The van der Waals surface area contributed by atoms with Gasteiger partial charge in [-0.25, -0.2) is 8.42 Å². The summed E-state index contributed by atoms with van der Waals surface area (Å²) >= 11 is 0. The molecule has 0 atom stereocenters. The largest absolute Gasteiger partial charge is 0.338 e. The molecule has 2 aromatic carbocycles. The molecule has 1 aliphatic heterocycles. The van der Waals surface area contributed by atoms with Crippen LogP contribution in [-0.4, -0.2) is 31.7 Å². The molecule has 0 aliphatic carbocycles. The number of anilines is 2. The van der Waals surface area contributed by atoms with Gasteiger partial charge in [0.2, 0.25) is 11.8 Å². The zero-order valence-corrected chi connectivity index (χ0v) is 16.9. The number of fused-ring (bicyclic) bond motifs is 1. The van der Waals surface area contributed by atoms with Gasteiger partial charge in [-0.15, -0.1) is 0 Å². The molecule has 0 fully saturated rings. The summed E-state index contributed by atoms with van der Waals surface area (Å²) in [6, 6.07) is 10.1. The Morgan fingerprint density at radius 3 is 2.36 bits per heavy atom. The lowest BCUT2D eigenvalue weighted by Gasteiger charge is -2.28. The first kappa shape index (κ1) is 19.9. The van der Waals surface area contributed by atoms with Crippen LogP contribution in [0, 0.1) is 6.92 Å². The highest BCUT2D eigenvalue weighted by molar-refractivity contribution is 7.92. The zero-order valence-electron chi connectivity index (χ0n) is 16.1. The molecular formula is C20H23N3O4S. The highest BCUT2D eigenvalue weighted by atomic mass is 32.2. The van der Waals surface area contributed by atoms with Gasteiger partial charge in [-0.1, -0.05) is 6.07 Å². The molecule has 0 bridgehead atoms. The molecule has 1 heterocycles. The van der Waals surface area contributed by atoms with E-state index in [4.69, 9.17) is 0 Å². The van der Waals surface area contributed by atoms with Crippen molar-refractivity contribution in [2.75, 3.05) is 16.6 Å². The van der Waals surface area contributed by atoms with Gasteiger partial charge >= 0.3 is 0 Å². The maximum Gasteiger partial charge on any atom is 0.262 e. The van der Waals surface area contributed by atoms with Gasteiger partial charge in [-0.05, 0) is 60.4 Å². The van der Waals surface area contributed by atoms with E-state index < -0.39 is 10.0 Å². The number of hydrogen-bond acceptors (Lipinski definition) is 4. The van der Waals surface area contributed by atoms with Crippen LogP contribution in [-0.2, 0) is 32.6 Å². The van der Waals surface area contributed by atoms with Crippen LogP contribution in [0.1, 0.15) is 30.5 Å². The summed E-state index contributed by atoms with van der Waals surface area (Å²) in [5.74, 6) is -0.215. The van der Waals surface area contributed by atoms with Crippen LogP contribution in [0.4, 0.5) is 11.4 Å². The Hall–Kier alpha value is -2.87. The quantitative estimate of drug-likeness (QED) is 0.823. The van der Waals surface area contributed by atoms with Crippen molar-refractivity contribution in [3.63, 3.8) is 0 Å². The second kappa shape index (κ2) is 7.63. The molecule has 0 aromatic heterocycles. The van der Waals surface area contributed by atoms with Gasteiger partial charge in [0.05, 0.1) is 4.90 Å². The Morgan fingerprint density at radius 2 is 1.71 bits per heavy atom. The average molecular weight is 401 g/mol. The van der Waals surface area contributed by atoms with E-state index in [-0.39, 0.29) is 16.7 Å². The topological polar surface area (TPSA) is 95.6 Å². The summed E-state index contributed by atoms with van der Waals surface area (Å²) in [7, 11) is -3.79. The number of sulfonamides is 1. The maximum atomic E-state index is 12.8. The van der Waals surface area contributed by atoms with Gasteiger partial charge in [-0.3, -0.25) is 14.3 Å². The van der Waals surface area contributed by atoms with E-state index in [9.17, 15) is 18.0 Å². The van der Waals surface area contributed by atoms with Crippen molar-refractivity contribution in [3.05, 3.63) is 53.1 Å². The van der Waals surface area contributed by atoms with Crippen LogP contribution in [0.25, 0.3) is 0 Å². The molecule has 0 saturated carbocycles. The number of benzene rings is 2. The number of carbonyl (C=O) groups excluding carboxylic acids is 2. The lowest BCUT2D eigenvalue weighted by atomic mass is 9.99. The Kier molecular flexibility index (Phi) is 5.42. The SMILES string of the molecule is CC(=O)Nc1ccc(S(=O)(=O)Nc2ccc3c(c2)CN(C(C)=O)CC3)c(C)c1. The number of carbonyl (C=O) groups is 2. The van der Waals surface area contributed by atoms with Crippen molar-refractivity contribution in [1.82, 2.24) is 4.90 Å². The van der Waals surface area contributed by atoms with Crippen molar-refractivity contribution in [1.29, 1.82) is 0 Å². The molecule has 0 radical (unpaired) electrons. The Bertz CT molecular complexity index is 1050. The summed E-state index contributed by atoms with van der Waals surface area (Å²) in [5, 5.41) is 2.64. The molecule has 0 saturated heterocycles. The number of aryl methyl sites for hydroxylation is 1. The van der Waals surface area contributed by atoms with E-state index in [1.54, 1.807) is 36.1 Å². The van der Waals surface area contributed by atoms with Crippen LogP contribution in [0.5, 0.6) is 0 Å². The molecule has 8 heteroatoms. The monoisotopic (exact) mass is 401 g/mol. The summed E-state index contributed by atoms with van der Waals surface area (Å²) in [4.78, 5) is 24.7. The molecule has 2 amide bonds. The van der Waals surface area contributed by atoms with Crippen molar-refractivity contribution in [2.45, 2.75) is 38.6 Å². The molecule has 1 aliphatic rings. The molecule has 0 spiro atoms. The molecule has 148 valence electrons. The van der Waals surface area contributed by atoms with Gasteiger partial charge in [0.25, 0.3) is 10.0 Å². The van der Waals surface area contributed by atoms with Crippen LogP contribution in [0.3, 0.4) is 0 Å². The molecule has 0 unspecified atom stereocenters. The first-order valence-corrected chi connectivity index (χ1v) is 10.4. The van der Waals surface area contributed by atoms with Gasteiger partial charge < -0.3 is 10.2 Å². The smallest absolute Gasteiger partial charge is 0.262 e. The highest BCUT2D eigenvalue weighted by Crippen LogP contribution is 2.26. The third kappa shape index (κ3) is 4.33. The maximum absolute atomic E-state index is 12.8. The fraction of sp³-hybridized carbons (Fsp3) is 0.300. The van der Waals surface area contributed by atoms with Crippen LogP contribution in [0.15, 0.2) is 41.3 Å². The normalized spacial score (nSPS) is 13.6. The Balaban J connectivity index is 1.84. The van der Waals surface area contributed by atoms with Gasteiger partial charge in [0, 0.05) is 38.3 Å². The van der Waals surface area contributed by atoms with Crippen molar-refractivity contribution in [3.8, 4) is 0 Å². The van der Waals surface area contributed by atoms with Gasteiger partial charge in [-0.2, -0.15) is 0 Å². The molecule has 7 nitrogen and oxygen atoms in total. The fourth-order valence-corrected chi connectivity index (χ4v) is 4.61. The van der Waals surface area contributed by atoms with Crippen LogP contribution < -0.4 is 10.0 Å². The van der Waals surface area contributed by atoms with Crippen molar-refractivity contribution < 1.29 is 18.0 Å². The van der Waals surface area contributed by atoms with Crippen LogP contribution in [0.2, 0.25) is 0 Å².